The number of rotatable bonds is 6. The number of hydrogen-bond donors (Lipinski definition) is 1. The summed E-state index contributed by atoms with van der Waals surface area (Å²) in [4.78, 5) is 25.0. The molecule has 4 rings (SSSR count). The molecule has 0 saturated carbocycles. The molecular formula is C24H21NO5. The van der Waals surface area contributed by atoms with Crippen LogP contribution in [0.2, 0.25) is 0 Å². The van der Waals surface area contributed by atoms with E-state index in [9.17, 15) is 9.59 Å². The lowest BCUT2D eigenvalue weighted by molar-refractivity contribution is -0.115. The first-order valence-electron chi connectivity index (χ1n) is 9.67. The zero-order valence-corrected chi connectivity index (χ0v) is 16.2. The summed E-state index contributed by atoms with van der Waals surface area (Å²) in [5, 5.41) is 2.80. The molecule has 1 N–H and O–H groups in total. The van der Waals surface area contributed by atoms with Crippen LogP contribution in [0.25, 0.3) is 0 Å². The van der Waals surface area contributed by atoms with Crippen LogP contribution >= 0.6 is 0 Å². The van der Waals surface area contributed by atoms with Gasteiger partial charge in [-0.25, -0.2) is 4.79 Å². The maximum atomic E-state index is 12.6. The summed E-state index contributed by atoms with van der Waals surface area (Å²) in [6.07, 6.45) is -0.180. The van der Waals surface area contributed by atoms with Gasteiger partial charge >= 0.3 is 5.97 Å². The van der Waals surface area contributed by atoms with E-state index < -0.39 is 12.1 Å². The second kappa shape index (κ2) is 9.13. The Morgan fingerprint density at radius 3 is 2.43 bits per heavy atom. The maximum absolute atomic E-state index is 12.6. The normalized spacial score (nSPS) is 14.6. The Balaban J connectivity index is 1.36. The third kappa shape index (κ3) is 4.78. The van der Waals surface area contributed by atoms with Crippen molar-refractivity contribution in [2.24, 2.45) is 0 Å². The third-order valence-corrected chi connectivity index (χ3v) is 4.60. The smallest absolute Gasteiger partial charge is 0.340 e. The Bertz CT molecular complexity index is 1030. The molecule has 0 spiro atoms. The quantitative estimate of drug-likeness (QED) is 0.633. The van der Waals surface area contributed by atoms with E-state index in [0.29, 0.717) is 23.8 Å². The third-order valence-electron chi connectivity index (χ3n) is 4.60. The van der Waals surface area contributed by atoms with Crippen LogP contribution in [0.15, 0.2) is 78.9 Å². The van der Waals surface area contributed by atoms with E-state index in [0.717, 1.165) is 5.56 Å². The molecule has 0 radical (unpaired) electrons. The lowest BCUT2D eigenvalue weighted by atomic mass is 10.1. The summed E-state index contributed by atoms with van der Waals surface area (Å²) < 4.78 is 16.9. The molecule has 6 nitrogen and oxygen atoms in total. The Kier molecular flexibility index (Phi) is 5.94. The van der Waals surface area contributed by atoms with E-state index in [-0.39, 0.29) is 24.5 Å². The molecule has 0 saturated heterocycles. The van der Waals surface area contributed by atoms with E-state index in [1.807, 2.05) is 48.5 Å². The lowest BCUT2D eigenvalue weighted by Gasteiger charge is -2.26. The summed E-state index contributed by atoms with van der Waals surface area (Å²) in [6, 6.07) is 23.5. The first kappa shape index (κ1) is 19.5. The van der Waals surface area contributed by atoms with Crippen molar-refractivity contribution < 1.29 is 23.8 Å². The van der Waals surface area contributed by atoms with Crippen molar-refractivity contribution >= 4 is 17.6 Å². The van der Waals surface area contributed by atoms with Crippen molar-refractivity contribution in [3.05, 3.63) is 90.0 Å². The van der Waals surface area contributed by atoms with Crippen molar-refractivity contribution in [1.29, 1.82) is 0 Å². The van der Waals surface area contributed by atoms with Crippen LogP contribution in [0, 0.1) is 0 Å². The molecule has 1 heterocycles. The highest BCUT2D eigenvalue weighted by Gasteiger charge is 2.23. The molecule has 6 heteroatoms. The molecule has 3 aromatic rings. The topological polar surface area (TPSA) is 73.9 Å². The first-order chi connectivity index (χ1) is 14.7. The molecular weight excluding hydrogens is 382 g/mol. The summed E-state index contributed by atoms with van der Waals surface area (Å²) in [6.45, 7) is 0.333. The number of hydrogen-bond acceptors (Lipinski definition) is 5. The molecule has 30 heavy (non-hydrogen) atoms. The van der Waals surface area contributed by atoms with Crippen LogP contribution in [0.3, 0.4) is 0 Å². The number of ether oxygens (including phenoxy) is 3. The van der Waals surface area contributed by atoms with Crippen LogP contribution < -0.4 is 14.8 Å². The number of esters is 1. The van der Waals surface area contributed by atoms with Gasteiger partial charge in [0.2, 0.25) is 5.91 Å². The van der Waals surface area contributed by atoms with Crippen molar-refractivity contribution in [3.8, 4) is 11.5 Å². The zero-order valence-electron chi connectivity index (χ0n) is 16.2. The Hall–Kier alpha value is -3.80. The standard InChI is InChI=1S/C24H21NO5/c26-23(14-17-8-2-1-3-9-17)25-20-11-5-4-10-19(20)24(27)29-16-18-15-28-21-12-6-7-13-22(21)30-18/h1-13,18H,14-16H2,(H,25,26). The van der Waals surface area contributed by atoms with Gasteiger partial charge in [-0.05, 0) is 29.8 Å². The summed E-state index contributed by atoms with van der Waals surface area (Å²) >= 11 is 0. The van der Waals surface area contributed by atoms with E-state index in [4.69, 9.17) is 14.2 Å². The predicted molar refractivity (Wildman–Crippen MR) is 112 cm³/mol. The molecule has 0 bridgehead atoms. The molecule has 1 unspecified atom stereocenters. The average molecular weight is 403 g/mol. The van der Waals surface area contributed by atoms with Gasteiger partial charge in [0.1, 0.15) is 13.2 Å². The van der Waals surface area contributed by atoms with Gasteiger partial charge in [0.15, 0.2) is 17.6 Å². The Morgan fingerprint density at radius 1 is 0.900 bits per heavy atom. The number of fused-ring (bicyclic) bond motifs is 1. The molecule has 1 aliphatic rings. The fraction of sp³-hybridized carbons (Fsp3) is 0.167. The highest BCUT2D eigenvalue weighted by molar-refractivity contribution is 6.01. The van der Waals surface area contributed by atoms with Gasteiger partial charge < -0.3 is 19.5 Å². The molecule has 3 aromatic carbocycles. The van der Waals surface area contributed by atoms with Crippen molar-refractivity contribution in [2.45, 2.75) is 12.5 Å². The molecule has 1 atom stereocenters. The first-order valence-corrected chi connectivity index (χ1v) is 9.67. The minimum absolute atomic E-state index is 0.0411. The minimum atomic E-state index is -0.534. The van der Waals surface area contributed by atoms with E-state index in [1.54, 1.807) is 30.3 Å². The molecule has 1 amide bonds. The van der Waals surface area contributed by atoms with E-state index >= 15 is 0 Å². The highest BCUT2D eigenvalue weighted by Crippen LogP contribution is 2.31. The Morgan fingerprint density at radius 2 is 1.60 bits per heavy atom. The monoisotopic (exact) mass is 403 g/mol. The minimum Gasteiger partial charge on any atom is -0.486 e. The van der Waals surface area contributed by atoms with Gasteiger partial charge in [-0.15, -0.1) is 0 Å². The van der Waals surface area contributed by atoms with Gasteiger partial charge in [0, 0.05) is 0 Å². The number of carbonyl (C=O) groups excluding carboxylic acids is 2. The molecule has 152 valence electrons. The van der Waals surface area contributed by atoms with Crippen LogP contribution in [0.1, 0.15) is 15.9 Å². The predicted octanol–water partition coefficient (Wildman–Crippen LogP) is 3.86. The van der Waals surface area contributed by atoms with E-state index in [1.165, 1.54) is 0 Å². The van der Waals surface area contributed by atoms with Gasteiger partial charge in [-0.1, -0.05) is 54.6 Å². The Labute approximate surface area is 174 Å². The maximum Gasteiger partial charge on any atom is 0.340 e. The van der Waals surface area contributed by atoms with Gasteiger partial charge in [-0.3, -0.25) is 4.79 Å². The second-order valence-electron chi connectivity index (χ2n) is 6.85. The van der Waals surface area contributed by atoms with Crippen LogP contribution in [0.5, 0.6) is 11.5 Å². The van der Waals surface area contributed by atoms with Crippen LogP contribution in [-0.2, 0) is 16.0 Å². The second-order valence-corrected chi connectivity index (χ2v) is 6.85. The number of nitrogens with one attached hydrogen (secondary N) is 1. The highest BCUT2D eigenvalue weighted by atomic mass is 16.6. The summed E-state index contributed by atoms with van der Waals surface area (Å²) in [5.41, 5.74) is 1.59. The number of para-hydroxylation sites is 3. The van der Waals surface area contributed by atoms with Crippen molar-refractivity contribution in [3.63, 3.8) is 0 Å². The number of carbonyl (C=O) groups is 2. The molecule has 1 aliphatic heterocycles. The van der Waals surface area contributed by atoms with Gasteiger partial charge in [0.05, 0.1) is 17.7 Å². The molecule has 0 fully saturated rings. The van der Waals surface area contributed by atoms with Crippen LogP contribution in [0.4, 0.5) is 5.69 Å². The number of amides is 1. The molecule has 0 aliphatic carbocycles. The van der Waals surface area contributed by atoms with Crippen molar-refractivity contribution in [2.75, 3.05) is 18.5 Å². The average Bonchev–Trinajstić information content (AvgIpc) is 2.78. The molecule has 0 aromatic heterocycles. The largest absolute Gasteiger partial charge is 0.486 e. The van der Waals surface area contributed by atoms with Gasteiger partial charge in [-0.2, -0.15) is 0 Å². The summed E-state index contributed by atoms with van der Waals surface area (Å²) in [7, 11) is 0. The number of benzene rings is 3. The fourth-order valence-electron chi connectivity index (χ4n) is 3.14. The zero-order chi connectivity index (χ0) is 20.8. The van der Waals surface area contributed by atoms with Gasteiger partial charge in [0.25, 0.3) is 0 Å². The fourth-order valence-corrected chi connectivity index (χ4v) is 3.14. The van der Waals surface area contributed by atoms with Crippen LogP contribution in [-0.4, -0.2) is 31.2 Å². The lowest BCUT2D eigenvalue weighted by Crippen LogP contribution is -2.34. The SMILES string of the molecule is O=C(Cc1ccccc1)Nc1ccccc1C(=O)OCC1COc2ccccc2O1. The van der Waals surface area contributed by atoms with E-state index in [2.05, 4.69) is 5.32 Å². The van der Waals surface area contributed by atoms with Crippen molar-refractivity contribution in [1.82, 2.24) is 0 Å². The summed E-state index contributed by atoms with van der Waals surface area (Å²) in [5.74, 6) is 0.556. The number of anilines is 1.